The van der Waals surface area contributed by atoms with Crippen LogP contribution in [-0.4, -0.2) is 16.1 Å². The maximum absolute atomic E-state index is 11.2. The van der Waals surface area contributed by atoms with Crippen LogP contribution in [0, 0.1) is 0 Å². The highest BCUT2D eigenvalue weighted by Crippen LogP contribution is 2.25. The van der Waals surface area contributed by atoms with E-state index in [9.17, 15) is 4.79 Å². The van der Waals surface area contributed by atoms with Crippen LogP contribution in [0.2, 0.25) is 0 Å². The minimum Gasteiger partial charge on any atom is -0.366 e. The zero-order chi connectivity index (χ0) is 14.7. The van der Waals surface area contributed by atoms with Crippen LogP contribution < -0.4 is 16.4 Å². The molecule has 0 radical (unpaired) electrons. The van der Waals surface area contributed by atoms with Crippen molar-refractivity contribution >= 4 is 5.82 Å². The lowest BCUT2D eigenvalue weighted by molar-refractivity contribution is 0.0364. The smallest absolute Gasteiger partial charge is 0.252 e. The Kier molecular flexibility index (Phi) is 3.98. The molecule has 2 aromatic rings. The van der Waals surface area contributed by atoms with E-state index in [0.29, 0.717) is 12.4 Å². The summed E-state index contributed by atoms with van der Waals surface area (Å²) in [5.74, 6) is 0.572. The lowest BCUT2D eigenvalue weighted by atomic mass is 10.0. The molecule has 2 atom stereocenters. The number of hydroxylamine groups is 1. The molecule has 0 amide bonds. The molecule has 21 heavy (non-hydrogen) atoms. The zero-order valence-corrected chi connectivity index (χ0v) is 11.8. The number of benzene rings is 1. The predicted octanol–water partition coefficient (Wildman–Crippen LogP) is 1.74. The Morgan fingerprint density at radius 2 is 2.19 bits per heavy atom. The second-order valence-electron chi connectivity index (χ2n) is 5.23. The van der Waals surface area contributed by atoms with E-state index in [1.165, 1.54) is 18.0 Å². The van der Waals surface area contributed by atoms with E-state index < -0.39 is 0 Å². The van der Waals surface area contributed by atoms with Gasteiger partial charge in [0.25, 0.3) is 5.56 Å². The van der Waals surface area contributed by atoms with Gasteiger partial charge in [0.2, 0.25) is 0 Å². The first-order valence-corrected chi connectivity index (χ1v) is 6.99. The maximum Gasteiger partial charge on any atom is 0.252 e. The topological polar surface area (TPSA) is 79.0 Å². The van der Waals surface area contributed by atoms with Crippen molar-refractivity contribution in [3.63, 3.8) is 0 Å². The number of H-pyrrole nitrogens is 1. The fraction of sp³-hybridized carbons (Fsp3) is 0.333. The van der Waals surface area contributed by atoms with E-state index in [-0.39, 0.29) is 17.7 Å². The fourth-order valence-corrected chi connectivity index (χ4v) is 2.36. The average Bonchev–Trinajstić information content (AvgIpc) is 2.92. The van der Waals surface area contributed by atoms with Crippen molar-refractivity contribution in [2.24, 2.45) is 0 Å². The molecule has 0 spiro atoms. The number of hydrogen-bond acceptors (Lipinski definition) is 5. The van der Waals surface area contributed by atoms with Crippen molar-refractivity contribution in [1.29, 1.82) is 0 Å². The third-order valence-electron chi connectivity index (χ3n) is 3.51. The first-order chi connectivity index (χ1) is 10.2. The first-order valence-electron chi connectivity index (χ1n) is 6.99. The van der Waals surface area contributed by atoms with Gasteiger partial charge in [0.05, 0.1) is 18.5 Å². The quantitative estimate of drug-likeness (QED) is 0.798. The molecule has 1 aromatic heterocycles. The number of nitrogens with zero attached hydrogens (tertiary/aromatic N) is 1. The molecule has 6 heteroatoms. The summed E-state index contributed by atoms with van der Waals surface area (Å²) in [7, 11) is 0. The van der Waals surface area contributed by atoms with Crippen molar-refractivity contribution in [1.82, 2.24) is 15.4 Å². The Hall–Kier alpha value is -2.18. The molecule has 110 valence electrons. The van der Waals surface area contributed by atoms with Gasteiger partial charge in [-0.2, -0.15) is 5.48 Å². The van der Waals surface area contributed by atoms with Gasteiger partial charge in [0.1, 0.15) is 5.82 Å². The standard InChI is InChI=1S/C15H18N4O2/c1-10-6-13(19-21-10)12-4-2-11(3-5-12)8-16-14-7-15(20)18-9-17-14/h2-5,7,9-10,13,19H,6,8H2,1H3,(H2,16,17,18,20). The van der Waals surface area contributed by atoms with Crippen molar-refractivity contribution in [3.05, 3.63) is 58.1 Å². The molecule has 2 heterocycles. The molecular formula is C15H18N4O2. The van der Waals surface area contributed by atoms with E-state index in [1.807, 2.05) is 0 Å². The van der Waals surface area contributed by atoms with Gasteiger partial charge in [-0.3, -0.25) is 9.63 Å². The van der Waals surface area contributed by atoms with Crippen LogP contribution in [0.3, 0.4) is 0 Å². The predicted molar refractivity (Wildman–Crippen MR) is 79.7 cm³/mol. The van der Waals surface area contributed by atoms with Crippen LogP contribution in [0.1, 0.15) is 30.5 Å². The van der Waals surface area contributed by atoms with Crippen LogP contribution in [0.5, 0.6) is 0 Å². The van der Waals surface area contributed by atoms with E-state index >= 15 is 0 Å². The molecular weight excluding hydrogens is 268 g/mol. The summed E-state index contributed by atoms with van der Waals surface area (Å²) < 4.78 is 0. The maximum atomic E-state index is 11.2. The highest BCUT2D eigenvalue weighted by Gasteiger charge is 2.22. The highest BCUT2D eigenvalue weighted by atomic mass is 16.7. The zero-order valence-electron chi connectivity index (χ0n) is 11.8. The van der Waals surface area contributed by atoms with E-state index in [1.54, 1.807) is 0 Å². The Morgan fingerprint density at radius 3 is 2.86 bits per heavy atom. The summed E-state index contributed by atoms with van der Waals surface area (Å²) in [4.78, 5) is 23.1. The van der Waals surface area contributed by atoms with Crippen molar-refractivity contribution < 1.29 is 4.84 Å². The van der Waals surface area contributed by atoms with Crippen LogP contribution in [-0.2, 0) is 11.4 Å². The molecule has 3 N–H and O–H groups in total. The first kappa shape index (κ1) is 13.8. The summed E-state index contributed by atoms with van der Waals surface area (Å²) in [6, 6.07) is 10.0. The number of hydrogen-bond donors (Lipinski definition) is 3. The molecule has 6 nitrogen and oxygen atoms in total. The Labute approximate surface area is 122 Å². The number of aromatic nitrogens is 2. The number of nitrogens with one attached hydrogen (secondary N) is 3. The van der Waals surface area contributed by atoms with Crippen molar-refractivity contribution in [2.45, 2.75) is 32.0 Å². The van der Waals surface area contributed by atoms with Gasteiger partial charge >= 0.3 is 0 Å². The van der Waals surface area contributed by atoms with Gasteiger partial charge in [0.15, 0.2) is 0 Å². The van der Waals surface area contributed by atoms with E-state index in [4.69, 9.17) is 4.84 Å². The van der Waals surface area contributed by atoms with E-state index in [0.717, 1.165) is 12.0 Å². The van der Waals surface area contributed by atoms with Gasteiger partial charge in [-0.05, 0) is 24.5 Å². The molecule has 0 bridgehead atoms. The minimum absolute atomic E-state index is 0.163. The monoisotopic (exact) mass is 286 g/mol. The largest absolute Gasteiger partial charge is 0.366 e. The lowest BCUT2D eigenvalue weighted by Gasteiger charge is -2.10. The van der Waals surface area contributed by atoms with Gasteiger partial charge in [-0.1, -0.05) is 24.3 Å². The Balaban J connectivity index is 1.61. The van der Waals surface area contributed by atoms with E-state index in [2.05, 4.69) is 52.0 Å². The van der Waals surface area contributed by atoms with Crippen LogP contribution in [0.15, 0.2) is 41.5 Å². The highest BCUT2D eigenvalue weighted by molar-refractivity contribution is 5.34. The van der Waals surface area contributed by atoms with Gasteiger partial charge in [-0.15, -0.1) is 0 Å². The summed E-state index contributed by atoms with van der Waals surface area (Å²) >= 11 is 0. The average molecular weight is 286 g/mol. The molecule has 0 aliphatic carbocycles. The summed E-state index contributed by atoms with van der Waals surface area (Å²) in [6.45, 7) is 2.68. The van der Waals surface area contributed by atoms with Gasteiger partial charge in [-0.25, -0.2) is 4.98 Å². The molecule has 1 fully saturated rings. The van der Waals surface area contributed by atoms with Crippen LogP contribution in [0.4, 0.5) is 5.82 Å². The van der Waals surface area contributed by atoms with Gasteiger partial charge in [0, 0.05) is 12.6 Å². The molecule has 3 rings (SSSR count). The molecule has 2 unspecified atom stereocenters. The molecule has 1 aliphatic rings. The molecule has 0 saturated carbocycles. The van der Waals surface area contributed by atoms with Crippen molar-refractivity contribution in [3.8, 4) is 0 Å². The Morgan fingerprint density at radius 1 is 1.38 bits per heavy atom. The summed E-state index contributed by atoms with van der Waals surface area (Å²) in [5, 5.41) is 3.13. The van der Waals surface area contributed by atoms with Crippen LogP contribution in [0.25, 0.3) is 0 Å². The van der Waals surface area contributed by atoms with Crippen LogP contribution >= 0.6 is 0 Å². The second-order valence-corrected chi connectivity index (χ2v) is 5.23. The third kappa shape index (κ3) is 3.48. The molecule has 1 saturated heterocycles. The summed E-state index contributed by atoms with van der Waals surface area (Å²) in [6.07, 6.45) is 2.62. The third-order valence-corrected chi connectivity index (χ3v) is 3.51. The fourth-order valence-electron chi connectivity index (χ4n) is 2.36. The summed E-state index contributed by atoms with van der Waals surface area (Å²) in [5.41, 5.74) is 5.23. The molecule has 1 aromatic carbocycles. The van der Waals surface area contributed by atoms with Gasteiger partial charge < -0.3 is 10.3 Å². The SMILES string of the molecule is CC1CC(c2ccc(CNc3cc(=O)[nH]cn3)cc2)NO1. The minimum atomic E-state index is -0.163. The Bertz CT molecular complexity index is 653. The lowest BCUT2D eigenvalue weighted by Crippen LogP contribution is -2.12. The second kappa shape index (κ2) is 6.07. The normalized spacial score (nSPS) is 21.4. The number of rotatable bonds is 4. The molecule has 1 aliphatic heterocycles. The van der Waals surface area contributed by atoms with Crippen molar-refractivity contribution in [2.75, 3.05) is 5.32 Å². The number of anilines is 1. The number of aromatic amines is 1.